The molecule has 0 amide bonds. The Hall–Kier alpha value is -0.580. The number of amidine groups is 1. The normalized spacial score (nSPS) is 13.6. The Kier molecular flexibility index (Phi) is 5.95. The summed E-state index contributed by atoms with van der Waals surface area (Å²) >= 11 is 7.74. The number of hydrogen-bond donors (Lipinski definition) is 1. The molecule has 0 aromatic heterocycles. The van der Waals surface area contributed by atoms with Crippen molar-refractivity contribution < 1.29 is 4.74 Å². The third-order valence-electron chi connectivity index (χ3n) is 2.24. The lowest BCUT2D eigenvalue weighted by Gasteiger charge is -2.06. The van der Waals surface area contributed by atoms with E-state index in [2.05, 4.69) is 10.3 Å². The first-order chi connectivity index (χ1) is 7.79. The Labute approximate surface area is 116 Å². The molecule has 2 rings (SSSR count). The summed E-state index contributed by atoms with van der Waals surface area (Å²) in [4.78, 5) is 4.32. The van der Waals surface area contributed by atoms with Gasteiger partial charge in [0, 0.05) is 12.3 Å². The molecule has 0 aliphatic carbocycles. The number of nitrogens with zero attached hydrogens (tertiary/aromatic N) is 1. The molecular weight excluding hydrogens is 279 g/mol. The van der Waals surface area contributed by atoms with E-state index in [4.69, 9.17) is 16.3 Å². The number of halogens is 2. The lowest BCUT2D eigenvalue weighted by molar-refractivity contribution is 0.415. The molecule has 1 aromatic carbocycles. The van der Waals surface area contributed by atoms with Crippen molar-refractivity contribution in [1.82, 2.24) is 5.32 Å². The van der Waals surface area contributed by atoms with Gasteiger partial charge in [0.2, 0.25) is 0 Å². The highest BCUT2D eigenvalue weighted by molar-refractivity contribution is 8.13. The van der Waals surface area contributed by atoms with Gasteiger partial charge < -0.3 is 10.1 Å². The lowest BCUT2D eigenvalue weighted by atomic mass is 10.2. The Morgan fingerprint density at radius 3 is 2.94 bits per heavy atom. The predicted molar refractivity (Wildman–Crippen MR) is 76.9 cm³/mol. The summed E-state index contributed by atoms with van der Waals surface area (Å²) in [6.45, 7) is 1.83. The van der Waals surface area contributed by atoms with E-state index in [0.29, 0.717) is 10.8 Å². The van der Waals surface area contributed by atoms with Gasteiger partial charge >= 0.3 is 0 Å². The number of hydrogen-bond acceptors (Lipinski definition) is 4. The first-order valence-corrected chi connectivity index (χ1v) is 6.39. The van der Waals surface area contributed by atoms with Gasteiger partial charge in [0.05, 0.1) is 18.7 Å². The van der Waals surface area contributed by atoms with Crippen LogP contribution < -0.4 is 10.1 Å². The minimum atomic E-state index is 0. The van der Waals surface area contributed by atoms with Gasteiger partial charge in [0.15, 0.2) is 5.17 Å². The Morgan fingerprint density at radius 2 is 2.35 bits per heavy atom. The quantitative estimate of drug-likeness (QED) is 0.930. The molecule has 0 radical (unpaired) electrons. The van der Waals surface area contributed by atoms with Crippen molar-refractivity contribution in [1.29, 1.82) is 0 Å². The molecule has 1 N–H and O–H groups in total. The maximum Gasteiger partial charge on any atom is 0.157 e. The maximum atomic E-state index is 6.04. The van der Waals surface area contributed by atoms with E-state index in [-0.39, 0.29) is 12.4 Å². The molecular formula is C11H14Cl2N2OS. The molecule has 0 saturated heterocycles. The van der Waals surface area contributed by atoms with Crippen molar-refractivity contribution in [2.24, 2.45) is 4.99 Å². The van der Waals surface area contributed by atoms with E-state index in [0.717, 1.165) is 24.0 Å². The minimum Gasteiger partial charge on any atom is -0.495 e. The molecule has 0 saturated carbocycles. The molecule has 0 unspecified atom stereocenters. The summed E-state index contributed by atoms with van der Waals surface area (Å²) in [7, 11) is 1.62. The summed E-state index contributed by atoms with van der Waals surface area (Å²) in [5, 5.41) is 4.89. The summed E-state index contributed by atoms with van der Waals surface area (Å²) < 4.78 is 5.10. The largest absolute Gasteiger partial charge is 0.495 e. The molecule has 0 atom stereocenters. The molecule has 3 nitrogen and oxygen atoms in total. The van der Waals surface area contributed by atoms with E-state index >= 15 is 0 Å². The molecule has 1 aliphatic rings. The zero-order valence-electron chi connectivity index (χ0n) is 9.40. The molecule has 0 spiro atoms. The summed E-state index contributed by atoms with van der Waals surface area (Å²) in [6.07, 6.45) is 0. The van der Waals surface area contributed by atoms with Gasteiger partial charge in [-0.05, 0) is 17.7 Å². The molecule has 94 valence electrons. The highest BCUT2D eigenvalue weighted by Gasteiger charge is 2.07. The SMILES string of the molecule is COc1ccc(CSC2=NCCN2)cc1Cl.Cl. The smallest absolute Gasteiger partial charge is 0.157 e. The maximum absolute atomic E-state index is 6.04. The second-order valence-corrected chi connectivity index (χ2v) is 4.74. The van der Waals surface area contributed by atoms with Gasteiger partial charge in [-0.25, -0.2) is 0 Å². The number of rotatable bonds is 3. The van der Waals surface area contributed by atoms with Crippen LogP contribution in [0.4, 0.5) is 0 Å². The molecule has 0 bridgehead atoms. The Balaban J connectivity index is 0.00000144. The highest BCUT2D eigenvalue weighted by atomic mass is 35.5. The fourth-order valence-corrected chi connectivity index (χ4v) is 2.57. The fourth-order valence-electron chi connectivity index (χ4n) is 1.42. The van der Waals surface area contributed by atoms with E-state index in [9.17, 15) is 0 Å². The molecule has 0 fully saturated rings. The van der Waals surface area contributed by atoms with Gasteiger partial charge in [-0.15, -0.1) is 12.4 Å². The van der Waals surface area contributed by atoms with Crippen LogP contribution in [-0.2, 0) is 5.75 Å². The number of thioether (sulfide) groups is 1. The third-order valence-corrected chi connectivity index (χ3v) is 3.56. The van der Waals surface area contributed by atoms with Gasteiger partial charge in [-0.3, -0.25) is 4.99 Å². The van der Waals surface area contributed by atoms with Crippen LogP contribution in [0.1, 0.15) is 5.56 Å². The number of methoxy groups -OCH3 is 1. The van der Waals surface area contributed by atoms with Gasteiger partial charge in [-0.2, -0.15) is 0 Å². The van der Waals surface area contributed by atoms with Crippen molar-refractivity contribution >= 4 is 40.9 Å². The predicted octanol–water partition coefficient (Wildman–Crippen LogP) is 2.96. The molecule has 1 heterocycles. The van der Waals surface area contributed by atoms with Gasteiger partial charge in [0.1, 0.15) is 5.75 Å². The average molecular weight is 293 g/mol. The first-order valence-electron chi connectivity index (χ1n) is 5.03. The number of aliphatic imine (C=N–C) groups is 1. The fraction of sp³-hybridized carbons (Fsp3) is 0.364. The van der Waals surface area contributed by atoms with Crippen molar-refractivity contribution in [3.05, 3.63) is 28.8 Å². The van der Waals surface area contributed by atoms with E-state index in [1.54, 1.807) is 18.9 Å². The molecule has 17 heavy (non-hydrogen) atoms. The first kappa shape index (κ1) is 14.5. The number of nitrogens with one attached hydrogen (secondary N) is 1. The van der Waals surface area contributed by atoms with Crippen LogP contribution in [-0.4, -0.2) is 25.4 Å². The zero-order valence-corrected chi connectivity index (χ0v) is 11.8. The van der Waals surface area contributed by atoms with Gasteiger partial charge in [-0.1, -0.05) is 29.4 Å². The van der Waals surface area contributed by atoms with Crippen LogP contribution in [0.15, 0.2) is 23.2 Å². The van der Waals surface area contributed by atoms with Crippen LogP contribution in [0.2, 0.25) is 5.02 Å². The van der Waals surface area contributed by atoms with Crippen molar-refractivity contribution in [2.75, 3.05) is 20.2 Å². The highest BCUT2D eigenvalue weighted by Crippen LogP contribution is 2.26. The number of benzene rings is 1. The average Bonchev–Trinajstić information content (AvgIpc) is 2.79. The minimum absolute atomic E-state index is 0. The van der Waals surface area contributed by atoms with Gasteiger partial charge in [0.25, 0.3) is 0 Å². The second-order valence-electron chi connectivity index (χ2n) is 3.37. The van der Waals surface area contributed by atoms with E-state index in [1.807, 2.05) is 18.2 Å². The third kappa shape index (κ3) is 3.98. The monoisotopic (exact) mass is 292 g/mol. The molecule has 6 heteroatoms. The standard InChI is InChI=1S/C11H13ClN2OS.ClH/c1-15-10-3-2-8(6-9(10)12)7-16-11-13-4-5-14-11;/h2-3,6H,4-5,7H2,1H3,(H,13,14);1H. The van der Waals surface area contributed by atoms with Crippen LogP contribution >= 0.6 is 35.8 Å². The summed E-state index contributed by atoms with van der Waals surface area (Å²) in [6, 6.07) is 5.85. The zero-order chi connectivity index (χ0) is 11.4. The topological polar surface area (TPSA) is 33.6 Å². The van der Waals surface area contributed by atoms with E-state index < -0.39 is 0 Å². The van der Waals surface area contributed by atoms with E-state index in [1.165, 1.54) is 5.56 Å². The molecule has 1 aromatic rings. The van der Waals surface area contributed by atoms with Crippen molar-refractivity contribution in [2.45, 2.75) is 5.75 Å². The van der Waals surface area contributed by atoms with Crippen LogP contribution in [0.5, 0.6) is 5.75 Å². The summed E-state index contributed by atoms with van der Waals surface area (Å²) in [5.74, 6) is 1.59. The Bertz CT molecular complexity index is 412. The van der Waals surface area contributed by atoms with Crippen molar-refractivity contribution in [3.8, 4) is 5.75 Å². The van der Waals surface area contributed by atoms with Crippen LogP contribution in [0.25, 0.3) is 0 Å². The van der Waals surface area contributed by atoms with Crippen molar-refractivity contribution in [3.63, 3.8) is 0 Å². The number of ether oxygens (including phenoxy) is 1. The van der Waals surface area contributed by atoms with Crippen LogP contribution in [0.3, 0.4) is 0 Å². The Morgan fingerprint density at radius 1 is 1.53 bits per heavy atom. The summed E-state index contributed by atoms with van der Waals surface area (Å²) in [5.41, 5.74) is 1.17. The second kappa shape index (κ2) is 6.99. The lowest BCUT2D eigenvalue weighted by Crippen LogP contribution is -2.14. The molecule has 1 aliphatic heterocycles. The van der Waals surface area contributed by atoms with Crippen LogP contribution in [0, 0.1) is 0 Å².